The van der Waals surface area contributed by atoms with Gasteiger partial charge in [-0.05, 0) is 46.0 Å². The van der Waals surface area contributed by atoms with Crippen molar-refractivity contribution in [2.24, 2.45) is 5.41 Å². The zero-order valence-corrected chi connectivity index (χ0v) is 10.3. The molecule has 0 aromatic heterocycles. The molecule has 0 aromatic rings. The summed E-state index contributed by atoms with van der Waals surface area (Å²) < 4.78 is 5.59. The van der Waals surface area contributed by atoms with Crippen LogP contribution < -0.4 is 0 Å². The van der Waals surface area contributed by atoms with E-state index in [4.69, 9.17) is 4.74 Å². The highest BCUT2D eigenvalue weighted by atomic mass is 16.5. The Kier molecular flexibility index (Phi) is 4.62. The molecule has 0 amide bonds. The highest BCUT2D eigenvalue weighted by molar-refractivity contribution is 5.75. The van der Waals surface area contributed by atoms with Crippen LogP contribution in [0.3, 0.4) is 0 Å². The number of hydrogen-bond acceptors (Lipinski definition) is 2. The molecular weight excluding hydrogens is 188 g/mol. The lowest BCUT2D eigenvalue weighted by atomic mass is 9.90. The van der Waals surface area contributed by atoms with E-state index in [2.05, 4.69) is 0 Å². The lowest BCUT2D eigenvalue weighted by Gasteiger charge is -2.24. The van der Waals surface area contributed by atoms with Crippen LogP contribution in [0, 0.1) is 5.41 Å². The fourth-order valence-corrected chi connectivity index (χ4v) is 1.81. The first-order valence-electron chi connectivity index (χ1n) is 6.27. The zero-order chi connectivity index (χ0) is 11.3. The molecule has 88 valence electrons. The molecule has 1 aliphatic rings. The average Bonchev–Trinajstić information content (AvgIpc) is 2.46. The van der Waals surface area contributed by atoms with Crippen LogP contribution >= 0.6 is 0 Å². The van der Waals surface area contributed by atoms with E-state index in [0.29, 0.717) is 0 Å². The first-order valence-corrected chi connectivity index (χ1v) is 6.27. The molecule has 0 saturated heterocycles. The molecule has 2 heteroatoms. The SMILES string of the molecule is CCC(C)(C)C(=O)OC1CCCCCC1. The lowest BCUT2D eigenvalue weighted by Crippen LogP contribution is -2.29. The summed E-state index contributed by atoms with van der Waals surface area (Å²) in [6, 6.07) is 0. The number of carbonyl (C=O) groups is 1. The average molecular weight is 212 g/mol. The zero-order valence-electron chi connectivity index (χ0n) is 10.3. The van der Waals surface area contributed by atoms with Crippen molar-refractivity contribution in [2.45, 2.75) is 71.8 Å². The Morgan fingerprint density at radius 3 is 2.20 bits per heavy atom. The smallest absolute Gasteiger partial charge is 0.311 e. The van der Waals surface area contributed by atoms with Crippen molar-refractivity contribution >= 4 is 5.97 Å². The Morgan fingerprint density at radius 1 is 1.20 bits per heavy atom. The van der Waals surface area contributed by atoms with Gasteiger partial charge in [-0.2, -0.15) is 0 Å². The standard InChI is InChI=1S/C13H24O2/c1-4-13(2,3)12(14)15-11-9-7-5-6-8-10-11/h11H,4-10H2,1-3H3. The van der Waals surface area contributed by atoms with E-state index in [-0.39, 0.29) is 17.5 Å². The number of ether oxygens (including phenoxy) is 1. The Labute approximate surface area is 93.4 Å². The number of rotatable bonds is 3. The van der Waals surface area contributed by atoms with Crippen LogP contribution in [0.5, 0.6) is 0 Å². The van der Waals surface area contributed by atoms with Crippen molar-refractivity contribution in [2.75, 3.05) is 0 Å². The molecular formula is C13H24O2. The molecule has 1 aliphatic carbocycles. The summed E-state index contributed by atoms with van der Waals surface area (Å²) in [5.41, 5.74) is -0.313. The van der Waals surface area contributed by atoms with E-state index in [9.17, 15) is 4.79 Å². The van der Waals surface area contributed by atoms with Crippen LogP contribution in [0.1, 0.15) is 65.7 Å². The highest BCUT2D eigenvalue weighted by Gasteiger charge is 2.29. The van der Waals surface area contributed by atoms with Gasteiger partial charge in [-0.25, -0.2) is 0 Å². The second-order valence-electron chi connectivity index (χ2n) is 5.26. The van der Waals surface area contributed by atoms with Crippen molar-refractivity contribution in [3.8, 4) is 0 Å². The summed E-state index contributed by atoms with van der Waals surface area (Å²) in [5, 5.41) is 0. The third kappa shape index (κ3) is 3.84. The van der Waals surface area contributed by atoms with Crippen LogP contribution in [0.4, 0.5) is 0 Å². The predicted molar refractivity (Wildman–Crippen MR) is 61.7 cm³/mol. The summed E-state index contributed by atoms with van der Waals surface area (Å²) in [4.78, 5) is 11.9. The first-order chi connectivity index (χ1) is 7.06. The fourth-order valence-electron chi connectivity index (χ4n) is 1.81. The first kappa shape index (κ1) is 12.5. The minimum absolute atomic E-state index is 0.0168. The van der Waals surface area contributed by atoms with Crippen molar-refractivity contribution in [1.29, 1.82) is 0 Å². The molecule has 0 heterocycles. The largest absolute Gasteiger partial charge is 0.462 e. The molecule has 0 unspecified atom stereocenters. The minimum atomic E-state index is -0.313. The molecule has 15 heavy (non-hydrogen) atoms. The van der Waals surface area contributed by atoms with Crippen LogP contribution in [-0.2, 0) is 9.53 Å². The van der Waals surface area contributed by atoms with E-state index >= 15 is 0 Å². The molecule has 1 fully saturated rings. The Morgan fingerprint density at radius 2 is 1.73 bits per heavy atom. The van der Waals surface area contributed by atoms with Crippen molar-refractivity contribution < 1.29 is 9.53 Å². The van der Waals surface area contributed by atoms with Gasteiger partial charge < -0.3 is 4.74 Å². The maximum absolute atomic E-state index is 11.9. The molecule has 0 bridgehead atoms. The fraction of sp³-hybridized carbons (Fsp3) is 0.923. The third-order valence-corrected chi connectivity index (χ3v) is 3.51. The number of esters is 1. The summed E-state index contributed by atoms with van der Waals surface area (Å²) in [6.45, 7) is 5.96. The van der Waals surface area contributed by atoms with Gasteiger partial charge in [-0.15, -0.1) is 0 Å². The summed E-state index contributed by atoms with van der Waals surface area (Å²) in [7, 11) is 0. The monoisotopic (exact) mass is 212 g/mol. The quantitative estimate of drug-likeness (QED) is 0.527. The lowest BCUT2D eigenvalue weighted by molar-refractivity contribution is -0.160. The molecule has 0 radical (unpaired) electrons. The Bertz CT molecular complexity index is 201. The van der Waals surface area contributed by atoms with Crippen molar-refractivity contribution in [3.05, 3.63) is 0 Å². The topological polar surface area (TPSA) is 26.3 Å². The molecule has 0 N–H and O–H groups in total. The van der Waals surface area contributed by atoms with E-state index in [0.717, 1.165) is 19.3 Å². The minimum Gasteiger partial charge on any atom is -0.462 e. The molecule has 1 saturated carbocycles. The normalized spacial score (nSPS) is 19.7. The van der Waals surface area contributed by atoms with Crippen LogP contribution in [0.25, 0.3) is 0 Å². The van der Waals surface area contributed by atoms with E-state index in [1.54, 1.807) is 0 Å². The predicted octanol–water partition coefficient (Wildman–Crippen LogP) is 3.69. The van der Waals surface area contributed by atoms with Gasteiger partial charge in [0.05, 0.1) is 5.41 Å². The maximum Gasteiger partial charge on any atom is 0.311 e. The second kappa shape index (κ2) is 5.53. The molecule has 1 rings (SSSR count). The highest BCUT2D eigenvalue weighted by Crippen LogP contribution is 2.26. The van der Waals surface area contributed by atoms with Gasteiger partial charge in [0.1, 0.15) is 6.10 Å². The van der Waals surface area contributed by atoms with Gasteiger partial charge in [0, 0.05) is 0 Å². The Balaban J connectivity index is 2.42. The van der Waals surface area contributed by atoms with Gasteiger partial charge in [0.25, 0.3) is 0 Å². The van der Waals surface area contributed by atoms with Gasteiger partial charge in [-0.1, -0.05) is 19.8 Å². The molecule has 0 spiro atoms. The van der Waals surface area contributed by atoms with Gasteiger partial charge in [-0.3, -0.25) is 4.79 Å². The van der Waals surface area contributed by atoms with Crippen LogP contribution in [0.2, 0.25) is 0 Å². The molecule has 0 aromatic carbocycles. The molecule has 0 aliphatic heterocycles. The van der Waals surface area contributed by atoms with Crippen LogP contribution in [-0.4, -0.2) is 12.1 Å². The number of carbonyl (C=O) groups excluding carboxylic acids is 1. The molecule has 0 atom stereocenters. The number of hydrogen-bond donors (Lipinski definition) is 0. The van der Waals surface area contributed by atoms with Gasteiger partial charge in [0.15, 0.2) is 0 Å². The second-order valence-corrected chi connectivity index (χ2v) is 5.26. The van der Waals surface area contributed by atoms with Crippen molar-refractivity contribution in [3.63, 3.8) is 0 Å². The van der Waals surface area contributed by atoms with E-state index in [1.807, 2.05) is 20.8 Å². The van der Waals surface area contributed by atoms with Crippen molar-refractivity contribution in [1.82, 2.24) is 0 Å². The summed E-state index contributed by atoms with van der Waals surface area (Å²) in [6.07, 6.45) is 8.17. The van der Waals surface area contributed by atoms with E-state index in [1.165, 1.54) is 25.7 Å². The van der Waals surface area contributed by atoms with Gasteiger partial charge >= 0.3 is 5.97 Å². The maximum atomic E-state index is 11.9. The third-order valence-electron chi connectivity index (χ3n) is 3.51. The van der Waals surface area contributed by atoms with E-state index < -0.39 is 0 Å². The Hall–Kier alpha value is -0.530. The molecule has 2 nitrogen and oxygen atoms in total. The summed E-state index contributed by atoms with van der Waals surface area (Å²) in [5.74, 6) is -0.0168. The van der Waals surface area contributed by atoms with Gasteiger partial charge in [0.2, 0.25) is 0 Å². The van der Waals surface area contributed by atoms with Crippen LogP contribution in [0.15, 0.2) is 0 Å². The summed E-state index contributed by atoms with van der Waals surface area (Å²) >= 11 is 0.